The lowest BCUT2D eigenvalue weighted by Gasteiger charge is -2.11. The molecule has 0 saturated heterocycles. The van der Waals surface area contributed by atoms with E-state index < -0.39 is 0 Å². The maximum Gasteiger partial charge on any atom is 0.160 e. The van der Waals surface area contributed by atoms with Crippen LogP contribution < -0.4 is 0 Å². The second-order valence-corrected chi connectivity index (χ2v) is 16.8. The van der Waals surface area contributed by atoms with Gasteiger partial charge < -0.3 is 0 Å². The molecule has 0 bridgehead atoms. The summed E-state index contributed by atoms with van der Waals surface area (Å²) in [5.41, 5.74) is 18.2. The largest absolute Gasteiger partial charge is 0.256 e. The van der Waals surface area contributed by atoms with Crippen LogP contribution in [0.2, 0.25) is 0 Å². The summed E-state index contributed by atoms with van der Waals surface area (Å²) in [7, 11) is 0. The molecule has 6 heteroatoms. The summed E-state index contributed by atoms with van der Waals surface area (Å²) in [4.78, 5) is 29.4. The van der Waals surface area contributed by atoms with E-state index in [1.54, 1.807) is 0 Å². The minimum Gasteiger partial charge on any atom is -0.256 e. The van der Waals surface area contributed by atoms with Gasteiger partial charge in [-0.25, -0.2) is 19.9 Å². The van der Waals surface area contributed by atoms with Crippen molar-refractivity contribution in [3.8, 4) is 101 Å². The van der Waals surface area contributed by atoms with Crippen LogP contribution in [0.1, 0.15) is 0 Å². The van der Waals surface area contributed by atoms with Crippen LogP contribution >= 0.6 is 0 Å². The quantitative estimate of drug-likeness (QED) is 0.144. The van der Waals surface area contributed by atoms with Crippen LogP contribution in [0.15, 0.2) is 243 Å². The Kier molecular flexibility index (Phi) is 10.4. The number of hydrogen-bond acceptors (Lipinski definition) is 6. The van der Waals surface area contributed by atoms with Gasteiger partial charge in [-0.3, -0.25) is 9.97 Å². The zero-order valence-corrected chi connectivity index (χ0v) is 36.8. The first-order valence-corrected chi connectivity index (χ1v) is 22.7. The van der Waals surface area contributed by atoms with Crippen LogP contribution in [0.3, 0.4) is 0 Å². The van der Waals surface area contributed by atoms with Gasteiger partial charge in [-0.05, 0) is 81.9 Å². The summed E-state index contributed by atoms with van der Waals surface area (Å²) in [5.74, 6) is 1.34. The average molecular weight is 869 g/mol. The highest BCUT2D eigenvalue weighted by atomic mass is 14.9. The predicted octanol–water partition coefficient (Wildman–Crippen LogP) is 15.4. The molecule has 0 radical (unpaired) electrons. The van der Waals surface area contributed by atoms with Crippen LogP contribution in [-0.2, 0) is 0 Å². The Morgan fingerprint density at radius 2 is 0.500 bits per heavy atom. The van der Waals surface area contributed by atoms with Crippen molar-refractivity contribution in [3.05, 3.63) is 243 Å². The van der Waals surface area contributed by atoms with E-state index in [9.17, 15) is 0 Å². The molecule has 0 atom stereocenters. The molecule has 0 N–H and O–H groups in total. The van der Waals surface area contributed by atoms with Crippen molar-refractivity contribution in [2.75, 3.05) is 0 Å². The molecule has 318 valence electrons. The summed E-state index contributed by atoms with van der Waals surface area (Å²) in [6, 6.07) is 79.8. The molecule has 12 rings (SSSR count). The summed E-state index contributed by atoms with van der Waals surface area (Å²) < 4.78 is 0. The lowest BCUT2D eigenvalue weighted by molar-refractivity contribution is 1.18. The zero-order valence-electron chi connectivity index (χ0n) is 36.8. The Labute approximate surface area is 394 Å². The van der Waals surface area contributed by atoms with E-state index in [2.05, 4.69) is 192 Å². The Bertz CT molecular complexity index is 3490. The fourth-order valence-electron chi connectivity index (χ4n) is 8.76. The smallest absolute Gasteiger partial charge is 0.160 e. The van der Waals surface area contributed by atoms with Gasteiger partial charge in [-0.2, -0.15) is 0 Å². The van der Waals surface area contributed by atoms with Crippen molar-refractivity contribution in [3.63, 3.8) is 0 Å². The highest BCUT2D eigenvalue weighted by Gasteiger charge is 2.14. The highest BCUT2D eigenvalue weighted by Crippen LogP contribution is 2.34. The second kappa shape index (κ2) is 17.6. The van der Waals surface area contributed by atoms with Gasteiger partial charge in [-0.15, -0.1) is 0 Å². The van der Waals surface area contributed by atoms with Crippen molar-refractivity contribution in [1.29, 1.82) is 0 Å². The summed E-state index contributed by atoms with van der Waals surface area (Å²) in [6.07, 6.45) is 3.66. The van der Waals surface area contributed by atoms with E-state index in [0.717, 1.165) is 111 Å². The molecular weight excluding hydrogens is 829 g/mol. The third kappa shape index (κ3) is 8.19. The van der Waals surface area contributed by atoms with Gasteiger partial charge in [0.1, 0.15) is 0 Å². The van der Waals surface area contributed by atoms with Crippen molar-refractivity contribution < 1.29 is 0 Å². The Balaban J connectivity index is 0.828. The molecular formula is C62H40N6. The molecule has 4 aromatic heterocycles. The number of benzene rings is 8. The van der Waals surface area contributed by atoms with Gasteiger partial charge in [0.2, 0.25) is 0 Å². The number of nitrogens with zero attached hydrogens (tertiary/aromatic N) is 6. The predicted molar refractivity (Wildman–Crippen MR) is 277 cm³/mol. The lowest BCUT2D eigenvalue weighted by atomic mass is 9.99. The van der Waals surface area contributed by atoms with Gasteiger partial charge in [0.05, 0.1) is 33.8 Å². The van der Waals surface area contributed by atoms with Gasteiger partial charge in [0.15, 0.2) is 11.6 Å². The van der Waals surface area contributed by atoms with E-state index in [1.807, 2.05) is 60.9 Å². The topological polar surface area (TPSA) is 77.3 Å². The fraction of sp³-hybridized carbons (Fsp3) is 0. The highest BCUT2D eigenvalue weighted by molar-refractivity contribution is 5.86. The van der Waals surface area contributed by atoms with Gasteiger partial charge >= 0.3 is 0 Å². The number of hydrogen-bond donors (Lipinski definition) is 0. The van der Waals surface area contributed by atoms with Gasteiger partial charge in [0.25, 0.3) is 0 Å². The van der Waals surface area contributed by atoms with Crippen LogP contribution in [0, 0.1) is 0 Å². The minimum atomic E-state index is 0.668. The van der Waals surface area contributed by atoms with E-state index in [-0.39, 0.29) is 0 Å². The fourth-order valence-corrected chi connectivity index (χ4v) is 8.76. The molecule has 0 aliphatic heterocycles. The van der Waals surface area contributed by atoms with E-state index in [1.165, 1.54) is 0 Å². The SMILES string of the molecule is c1ccc(-c2cc(-c3ccc(-c4ccc5ncccc5c4)cc3)nc(-c3ccc(-c4ccc(-c5nc(-c6ccccc6)cc(-c6ccc(-c7ccc8ncccc8c7)cc6)n5)cc4)cc3)n2)cc1. The summed E-state index contributed by atoms with van der Waals surface area (Å²) in [6.45, 7) is 0. The lowest BCUT2D eigenvalue weighted by Crippen LogP contribution is -1.96. The molecule has 0 unspecified atom stereocenters. The van der Waals surface area contributed by atoms with Gasteiger partial charge in [-0.1, -0.05) is 182 Å². The third-order valence-corrected chi connectivity index (χ3v) is 12.4. The first-order chi connectivity index (χ1) is 33.6. The van der Waals surface area contributed by atoms with Crippen molar-refractivity contribution >= 4 is 21.8 Å². The molecule has 12 aromatic rings. The minimum absolute atomic E-state index is 0.668. The van der Waals surface area contributed by atoms with Crippen molar-refractivity contribution in [1.82, 2.24) is 29.9 Å². The van der Waals surface area contributed by atoms with E-state index in [0.29, 0.717) is 11.6 Å². The number of rotatable bonds is 9. The summed E-state index contributed by atoms with van der Waals surface area (Å²) in [5, 5.41) is 2.24. The molecule has 6 nitrogen and oxygen atoms in total. The number of aromatic nitrogens is 6. The molecule has 8 aromatic carbocycles. The first-order valence-electron chi connectivity index (χ1n) is 22.7. The third-order valence-electron chi connectivity index (χ3n) is 12.4. The number of fused-ring (bicyclic) bond motifs is 2. The summed E-state index contributed by atoms with van der Waals surface area (Å²) >= 11 is 0. The maximum atomic E-state index is 5.14. The van der Waals surface area contributed by atoms with E-state index >= 15 is 0 Å². The molecule has 68 heavy (non-hydrogen) atoms. The Morgan fingerprint density at radius 3 is 0.868 bits per heavy atom. The molecule has 0 aliphatic rings. The zero-order chi connectivity index (χ0) is 45.2. The first kappa shape index (κ1) is 40.3. The van der Waals surface area contributed by atoms with Crippen molar-refractivity contribution in [2.24, 2.45) is 0 Å². The normalized spacial score (nSPS) is 11.2. The van der Waals surface area contributed by atoms with Gasteiger partial charge in [0, 0.05) is 56.5 Å². The average Bonchev–Trinajstić information content (AvgIpc) is 3.43. The second-order valence-electron chi connectivity index (χ2n) is 16.8. The van der Waals surface area contributed by atoms with Crippen molar-refractivity contribution in [2.45, 2.75) is 0 Å². The van der Waals surface area contributed by atoms with Crippen LogP contribution in [0.4, 0.5) is 0 Å². The monoisotopic (exact) mass is 868 g/mol. The Morgan fingerprint density at radius 1 is 0.206 bits per heavy atom. The molecule has 0 fully saturated rings. The van der Waals surface area contributed by atoms with Crippen LogP contribution in [0.25, 0.3) is 123 Å². The Hall–Kier alpha value is -9.26. The molecule has 0 aliphatic carbocycles. The van der Waals surface area contributed by atoms with Crippen LogP contribution in [0.5, 0.6) is 0 Å². The molecule has 0 saturated carbocycles. The van der Waals surface area contributed by atoms with E-state index in [4.69, 9.17) is 19.9 Å². The molecule has 4 heterocycles. The number of pyridine rings is 2. The molecule has 0 spiro atoms. The van der Waals surface area contributed by atoms with Crippen LogP contribution in [-0.4, -0.2) is 29.9 Å². The molecule has 0 amide bonds. The standard InChI is InChI=1S/C62H40N6/c1-3-9-45(10-4-1)57-39-59(47-23-15-43(16-24-47)51-31-33-55-53(37-51)13-7-35-63-55)67-61(65-57)49-27-19-41(20-28-49)42-21-29-50(30-22-42)62-66-58(46-11-5-2-6-12-46)40-60(68-62)48-25-17-44(18-26-48)52-32-34-56-54(38-52)14-8-36-64-56/h1-40H. The maximum absolute atomic E-state index is 5.14.